The normalized spacial score (nSPS) is 11.6. The maximum atomic E-state index is 13.3. The summed E-state index contributed by atoms with van der Waals surface area (Å²) < 4.78 is 27.8. The van der Waals surface area contributed by atoms with E-state index in [4.69, 9.17) is 0 Å². The molecule has 8 heteroatoms. The van der Waals surface area contributed by atoms with Gasteiger partial charge in [0.15, 0.2) is 0 Å². The largest absolute Gasteiger partial charge is 0.360 e. The first-order valence-electron chi connectivity index (χ1n) is 10.3. The van der Waals surface area contributed by atoms with E-state index in [9.17, 15) is 18.0 Å². The van der Waals surface area contributed by atoms with Crippen LogP contribution in [0.1, 0.15) is 37.6 Å². The van der Waals surface area contributed by atoms with E-state index in [-0.39, 0.29) is 22.4 Å². The van der Waals surface area contributed by atoms with E-state index in [1.165, 1.54) is 22.6 Å². The first-order valence-corrected chi connectivity index (χ1v) is 11.7. The molecule has 31 heavy (non-hydrogen) atoms. The van der Waals surface area contributed by atoms with Gasteiger partial charge in [-0.2, -0.15) is 0 Å². The molecule has 0 bridgehead atoms. The van der Waals surface area contributed by atoms with Gasteiger partial charge in [0, 0.05) is 30.2 Å². The second-order valence-corrected chi connectivity index (χ2v) is 9.54. The topological polar surface area (TPSA) is 99.3 Å². The van der Waals surface area contributed by atoms with E-state index in [1.54, 1.807) is 37.3 Å². The van der Waals surface area contributed by atoms with Crippen molar-refractivity contribution in [3.63, 3.8) is 0 Å². The number of fused-ring (bicyclic) bond motifs is 1. The van der Waals surface area contributed by atoms with Gasteiger partial charge >= 0.3 is 0 Å². The molecule has 0 saturated carbocycles. The lowest BCUT2D eigenvalue weighted by Crippen LogP contribution is -2.31. The number of anilines is 1. The lowest BCUT2D eigenvalue weighted by atomic mass is 10.1. The highest BCUT2D eigenvalue weighted by Crippen LogP contribution is 2.24. The number of sulfonamides is 1. The van der Waals surface area contributed by atoms with Crippen molar-refractivity contribution in [3.8, 4) is 0 Å². The second-order valence-electron chi connectivity index (χ2n) is 7.68. The van der Waals surface area contributed by atoms with Crippen LogP contribution in [-0.2, 0) is 10.0 Å². The van der Waals surface area contributed by atoms with E-state index in [2.05, 4.69) is 10.3 Å². The van der Waals surface area contributed by atoms with Crippen molar-refractivity contribution in [3.05, 3.63) is 70.5 Å². The van der Waals surface area contributed by atoms with E-state index in [0.717, 1.165) is 6.42 Å². The number of aromatic amines is 1. The van der Waals surface area contributed by atoms with Gasteiger partial charge in [-0.3, -0.25) is 13.9 Å². The fraction of sp³-hybridized carbons (Fsp3) is 0.304. The van der Waals surface area contributed by atoms with Crippen molar-refractivity contribution in [1.82, 2.24) is 10.3 Å². The number of rotatable bonds is 8. The van der Waals surface area contributed by atoms with Crippen molar-refractivity contribution in [2.75, 3.05) is 17.4 Å². The Labute approximate surface area is 182 Å². The smallest absolute Gasteiger partial charge is 0.264 e. The average molecular weight is 442 g/mol. The molecular weight excluding hydrogens is 414 g/mol. The fourth-order valence-electron chi connectivity index (χ4n) is 3.31. The third-order valence-electron chi connectivity index (χ3n) is 5.02. The predicted octanol–water partition coefficient (Wildman–Crippen LogP) is 3.52. The number of H-pyrrole nitrogens is 1. The summed E-state index contributed by atoms with van der Waals surface area (Å²) in [6.45, 7) is 6.54. The van der Waals surface area contributed by atoms with E-state index < -0.39 is 21.4 Å². The van der Waals surface area contributed by atoms with Gasteiger partial charge in [0.1, 0.15) is 5.56 Å². The lowest BCUT2D eigenvalue weighted by Gasteiger charge is -2.23. The summed E-state index contributed by atoms with van der Waals surface area (Å²) in [6.07, 6.45) is 2.16. The molecule has 0 spiro atoms. The summed E-state index contributed by atoms with van der Waals surface area (Å²) in [5, 5.41) is 2.90. The van der Waals surface area contributed by atoms with Gasteiger partial charge in [-0.05, 0) is 49.6 Å². The number of aromatic nitrogens is 1. The summed E-state index contributed by atoms with van der Waals surface area (Å²) in [6, 6.07) is 13.1. The molecule has 7 nitrogen and oxygen atoms in total. The molecule has 1 amide bonds. The summed E-state index contributed by atoms with van der Waals surface area (Å²) in [4.78, 5) is 28.3. The highest BCUT2D eigenvalue weighted by atomic mass is 32.2. The summed E-state index contributed by atoms with van der Waals surface area (Å²) >= 11 is 0. The molecule has 0 aliphatic carbocycles. The molecule has 2 N–H and O–H groups in total. The van der Waals surface area contributed by atoms with Gasteiger partial charge in [-0.25, -0.2) is 8.42 Å². The van der Waals surface area contributed by atoms with Crippen molar-refractivity contribution in [2.45, 2.75) is 32.1 Å². The Bertz CT molecular complexity index is 1230. The molecule has 1 heterocycles. The Balaban J connectivity index is 2.00. The van der Waals surface area contributed by atoms with Crippen LogP contribution in [0.4, 0.5) is 5.69 Å². The van der Waals surface area contributed by atoms with Crippen LogP contribution in [0.15, 0.2) is 64.4 Å². The van der Waals surface area contributed by atoms with Crippen molar-refractivity contribution in [2.24, 2.45) is 5.92 Å². The van der Waals surface area contributed by atoms with Crippen LogP contribution < -0.4 is 15.1 Å². The zero-order valence-electron chi connectivity index (χ0n) is 17.9. The summed E-state index contributed by atoms with van der Waals surface area (Å²) in [7, 11) is -3.89. The van der Waals surface area contributed by atoms with E-state index >= 15 is 0 Å². The molecule has 3 aromatic rings. The van der Waals surface area contributed by atoms with Crippen molar-refractivity contribution >= 4 is 32.5 Å². The number of carbonyl (C=O) groups excluding carboxylic acids is 1. The molecule has 0 fully saturated rings. The van der Waals surface area contributed by atoms with Crippen LogP contribution in [0, 0.1) is 5.92 Å². The van der Waals surface area contributed by atoms with Gasteiger partial charge in [-0.1, -0.05) is 32.0 Å². The van der Waals surface area contributed by atoms with Gasteiger partial charge < -0.3 is 10.3 Å². The third-order valence-corrected chi connectivity index (χ3v) is 6.92. The molecule has 0 atom stereocenters. The fourth-order valence-corrected chi connectivity index (χ4v) is 4.81. The van der Waals surface area contributed by atoms with Gasteiger partial charge in [0.25, 0.3) is 15.9 Å². The van der Waals surface area contributed by atoms with Gasteiger partial charge in [0.05, 0.1) is 10.6 Å². The first-order chi connectivity index (χ1) is 14.8. The zero-order chi connectivity index (χ0) is 22.6. The van der Waals surface area contributed by atoms with E-state index in [1.807, 2.05) is 19.9 Å². The number of carbonyl (C=O) groups is 1. The molecule has 164 valence electrons. The van der Waals surface area contributed by atoms with Crippen molar-refractivity contribution in [1.29, 1.82) is 0 Å². The number of pyridine rings is 1. The van der Waals surface area contributed by atoms with Crippen LogP contribution in [0.5, 0.6) is 0 Å². The maximum absolute atomic E-state index is 13.3. The molecule has 0 aliphatic rings. The Morgan fingerprint density at radius 1 is 1.13 bits per heavy atom. The highest BCUT2D eigenvalue weighted by molar-refractivity contribution is 7.92. The minimum absolute atomic E-state index is 0.00595. The third kappa shape index (κ3) is 4.80. The number of nitrogens with one attached hydrogen (secondary N) is 2. The maximum Gasteiger partial charge on any atom is 0.264 e. The number of nitrogens with zero attached hydrogens (tertiary/aromatic N) is 1. The number of hydrogen-bond acceptors (Lipinski definition) is 4. The molecule has 3 rings (SSSR count). The molecular formula is C23H27N3O4S. The SMILES string of the molecule is CCN(c1ccccc1)S(=O)(=O)c1ccc2[nH]cc(C(=O)NCCC(C)C)c(=O)c2c1. The second kappa shape index (κ2) is 9.34. The highest BCUT2D eigenvalue weighted by Gasteiger charge is 2.24. The monoisotopic (exact) mass is 441 g/mol. The van der Waals surface area contributed by atoms with Crippen LogP contribution in [-0.4, -0.2) is 32.4 Å². The summed E-state index contributed by atoms with van der Waals surface area (Å²) in [5.74, 6) is -0.0504. The Hall–Kier alpha value is -3.13. The van der Waals surface area contributed by atoms with Crippen LogP contribution in [0.25, 0.3) is 10.9 Å². The molecule has 2 aromatic carbocycles. The Morgan fingerprint density at radius 3 is 2.48 bits per heavy atom. The first kappa shape index (κ1) is 22.6. The predicted molar refractivity (Wildman–Crippen MR) is 123 cm³/mol. The number of benzene rings is 2. The number of hydrogen-bond donors (Lipinski definition) is 2. The van der Waals surface area contributed by atoms with Gasteiger partial charge in [0.2, 0.25) is 5.43 Å². The average Bonchev–Trinajstić information content (AvgIpc) is 2.74. The lowest BCUT2D eigenvalue weighted by molar-refractivity contribution is 0.0951. The van der Waals surface area contributed by atoms with E-state index in [0.29, 0.717) is 23.7 Å². The zero-order valence-corrected chi connectivity index (χ0v) is 18.7. The summed E-state index contributed by atoms with van der Waals surface area (Å²) in [5.41, 5.74) is 0.458. The Kier molecular flexibility index (Phi) is 6.80. The van der Waals surface area contributed by atoms with Gasteiger partial charge in [-0.15, -0.1) is 0 Å². The Morgan fingerprint density at radius 2 is 1.84 bits per heavy atom. The standard InChI is InChI=1S/C23H27N3O4S/c1-4-26(17-8-6-5-7-9-17)31(29,30)18-10-11-21-19(14-18)22(27)20(15-25-21)23(28)24-13-12-16(2)3/h5-11,14-16H,4,12-13H2,1-3H3,(H,24,28)(H,25,27). The minimum atomic E-state index is -3.89. The molecule has 0 unspecified atom stereocenters. The van der Waals surface area contributed by atoms with Crippen LogP contribution in [0.3, 0.4) is 0 Å². The molecule has 0 radical (unpaired) electrons. The quantitative estimate of drug-likeness (QED) is 0.559. The molecule has 1 aromatic heterocycles. The number of para-hydroxylation sites is 1. The van der Waals surface area contributed by atoms with Crippen LogP contribution >= 0.6 is 0 Å². The molecule has 0 aliphatic heterocycles. The minimum Gasteiger partial charge on any atom is -0.360 e. The van der Waals surface area contributed by atoms with Crippen molar-refractivity contribution < 1.29 is 13.2 Å². The molecule has 0 saturated heterocycles. The van der Waals surface area contributed by atoms with Crippen LogP contribution in [0.2, 0.25) is 0 Å². The number of amides is 1.